The lowest BCUT2D eigenvalue weighted by Gasteiger charge is -2.58. The third kappa shape index (κ3) is 3.11. The van der Waals surface area contributed by atoms with Crippen LogP contribution >= 0.6 is 22.6 Å². The standard InChI is InChI=1S/C26H32INO2/c1-25-13-11-17(29)15-16(25)7-8-18-19-9-10-21(26(19,2)14-12-20(18)25)24(30)28-23-6-4-3-5-22(23)27/h3-6,15,18-21H,7-14H2,1-2H3,(H,28,30)/t18-,19-,20-,21+,25-,26-/m0/s1. The highest BCUT2D eigenvalue weighted by atomic mass is 127. The average Bonchev–Trinajstić information content (AvgIpc) is 3.07. The van der Waals surface area contributed by atoms with Gasteiger partial charge in [-0.1, -0.05) is 31.6 Å². The molecule has 3 nitrogen and oxygen atoms in total. The van der Waals surface area contributed by atoms with E-state index in [1.165, 1.54) is 24.8 Å². The molecular weight excluding hydrogens is 485 g/mol. The second-order valence-electron chi connectivity index (χ2n) is 10.6. The second-order valence-corrected chi connectivity index (χ2v) is 11.8. The Morgan fingerprint density at radius 3 is 2.63 bits per heavy atom. The van der Waals surface area contributed by atoms with Crippen molar-refractivity contribution in [3.05, 3.63) is 39.5 Å². The zero-order valence-electron chi connectivity index (χ0n) is 18.0. The maximum Gasteiger partial charge on any atom is 0.228 e. The molecule has 3 fully saturated rings. The number of ketones is 1. The molecule has 0 radical (unpaired) electrons. The summed E-state index contributed by atoms with van der Waals surface area (Å²) in [6.07, 6.45) is 10.5. The van der Waals surface area contributed by atoms with E-state index in [0.717, 1.165) is 34.9 Å². The molecule has 0 bridgehead atoms. The minimum atomic E-state index is 0.105. The number of carbonyl (C=O) groups is 2. The van der Waals surface area contributed by atoms with Gasteiger partial charge in [-0.05, 0) is 114 Å². The molecule has 160 valence electrons. The smallest absolute Gasteiger partial charge is 0.228 e. The Hall–Kier alpha value is -1.17. The number of amides is 1. The Kier molecular flexibility index (Phi) is 5.15. The van der Waals surface area contributed by atoms with E-state index in [4.69, 9.17) is 0 Å². The summed E-state index contributed by atoms with van der Waals surface area (Å²) in [6.45, 7) is 4.83. The van der Waals surface area contributed by atoms with Crippen LogP contribution in [0, 0.1) is 38.1 Å². The third-order valence-corrected chi connectivity index (χ3v) is 10.4. The van der Waals surface area contributed by atoms with E-state index in [9.17, 15) is 9.59 Å². The van der Waals surface area contributed by atoms with Gasteiger partial charge in [0.05, 0.1) is 5.69 Å². The topological polar surface area (TPSA) is 46.2 Å². The van der Waals surface area contributed by atoms with Crippen molar-refractivity contribution in [1.29, 1.82) is 0 Å². The van der Waals surface area contributed by atoms with Crippen LogP contribution in [0.1, 0.15) is 65.2 Å². The molecule has 4 heteroatoms. The molecule has 1 aromatic rings. The Morgan fingerprint density at radius 1 is 1.03 bits per heavy atom. The molecule has 0 saturated heterocycles. The van der Waals surface area contributed by atoms with Gasteiger partial charge in [-0.2, -0.15) is 0 Å². The fourth-order valence-corrected chi connectivity index (χ4v) is 8.29. The summed E-state index contributed by atoms with van der Waals surface area (Å²) in [7, 11) is 0. The Morgan fingerprint density at radius 2 is 1.83 bits per heavy atom. The summed E-state index contributed by atoms with van der Waals surface area (Å²) in [5, 5.41) is 3.25. The first-order valence-electron chi connectivity index (χ1n) is 11.6. The summed E-state index contributed by atoms with van der Waals surface area (Å²) in [5.41, 5.74) is 2.68. The fraction of sp³-hybridized carbons (Fsp3) is 0.615. The summed E-state index contributed by atoms with van der Waals surface area (Å²) in [5.74, 6) is 2.67. The highest BCUT2D eigenvalue weighted by Gasteiger charge is 2.60. The second kappa shape index (κ2) is 7.46. The number of hydrogen-bond donors (Lipinski definition) is 1. The van der Waals surface area contributed by atoms with E-state index in [-0.39, 0.29) is 22.7 Å². The molecule has 5 rings (SSSR count). The monoisotopic (exact) mass is 517 g/mol. The zero-order valence-corrected chi connectivity index (χ0v) is 20.2. The van der Waals surface area contributed by atoms with Crippen molar-refractivity contribution in [3.63, 3.8) is 0 Å². The van der Waals surface area contributed by atoms with Crippen molar-refractivity contribution in [2.45, 2.75) is 65.2 Å². The van der Waals surface area contributed by atoms with Crippen molar-refractivity contribution in [2.75, 3.05) is 5.32 Å². The Bertz CT molecular complexity index is 923. The van der Waals surface area contributed by atoms with E-state index in [1.54, 1.807) is 0 Å². The van der Waals surface area contributed by atoms with Crippen LogP contribution in [0.25, 0.3) is 0 Å². The minimum Gasteiger partial charge on any atom is -0.325 e. The number of rotatable bonds is 2. The quantitative estimate of drug-likeness (QED) is 0.463. The number of allylic oxidation sites excluding steroid dienone is 1. The number of carbonyl (C=O) groups excluding carboxylic acids is 2. The lowest BCUT2D eigenvalue weighted by Crippen LogP contribution is -2.51. The normalized spacial score (nSPS) is 40.1. The van der Waals surface area contributed by atoms with Gasteiger partial charge in [0.2, 0.25) is 5.91 Å². The van der Waals surface area contributed by atoms with Gasteiger partial charge in [0.1, 0.15) is 0 Å². The number of fused-ring (bicyclic) bond motifs is 5. The van der Waals surface area contributed by atoms with Crippen LogP contribution in [0.15, 0.2) is 35.9 Å². The largest absolute Gasteiger partial charge is 0.325 e. The molecule has 30 heavy (non-hydrogen) atoms. The highest BCUT2D eigenvalue weighted by Crippen LogP contribution is 2.66. The van der Waals surface area contributed by atoms with Crippen molar-refractivity contribution < 1.29 is 9.59 Å². The molecule has 4 aliphatic carbocycles. The van der Waals surface area contributed by atoms with E-state index < -0.39 is 0 Å². The Labute approximate surface area is 193 Å². The van der Waals surface area contributed by atoms with E-state index >= 15 is 0 Å². The van der Waals surface area contributed by atoms with Crippen LogP contribution in [-0.2, 0) is 9.59 Å². The zero-order chi connectivity index (χ0) is 21.1. The maximum absolute atomic E-state index is 13.4. The summed E-state index contributed by atoms with van der Waals surface area (Å²) >= 11 is 2.30. The van der Waals surface area contributed by atoms with Gasteiger partial charge in [-0.15, -0.1) is 0 Å². The fourth-order valence-electron chi connectivity index (χ4n) is 7.77. The van der Waals surface area contributed by atoms with Gasteiger partial charge in [-0.3, -0.25) is 9.59 Å². The molecular formula is C26H32INO2. The number of para-hydroxylation sites is 1. The molecule has 0 aromatic heterocycles. The Balaban J connectivity index is 1.38. The molecule has 1 N–H and O–H groups in total. The number of anilines is 1. The predicted molar refractivity (Wildman–Crippen MR) is 128 cm³/mol. The van der Waals surface area contributed by atoms with E-state index in [1.807, 2.05) is 30.3 Å². The van der Waals surface area contributed by atoms with Crippen LogP contribution in [0.3, 0.4) is 0 Å². The molecule has 4 aliphatic rings. The van der Waals surface area contributed by atoms with Crippen LogP contribution in [0.2, 0.25) is 0 Å². The van der Waals surface area contributed by atoms with Gasteiger partial charge < -0.3 is 5.32 Å². The molecule has 1 aromatic carbocycles. The van der Waals surface area contributed by atoms with Crippen LogP contribution in [0.4, 0.5) is 5.69 Å². The van der Waals surface area contributed by atoms with Crippen molar-refractivity contribution >= 4 is 40.0 Å². The summed E-state index contributed by atoms with van der Waals surface area (Å²) in [4.78, 5) is 25.4. The van der Waals surface area contributed by atoms with Gasteiger partial charge in [0.15, 0.2) is 5.78 Å². The van der Waals surface area contributed by atoms with E-state index in [0.29, 0.717) is 30.0 Å². The molecule has 0 unspecified atom stereocenters. The lowest BCUT2D eigenvalue weighted by atomic mass is 9.47. The van der Waals surface area contributed by atoms with Crippen molar-refractivity contribution in [2.24, 2.45) is 34.5 Å². The SMILES string of the molecule is C[C@]12CC[C@H]3[C@@H](CCC4=CC(=O)CC[C@@]43C)[C@@H]1CC[C@@H]2C(=O)Nc1ccccc1I. The number of benzene rings is 1. The molecule has 0 spiro atoms. The predicted octanol–water partition coefficient (Wildman–Crippen LogP) is 6.38. The summed E-state index contributed by atoms with van der Waals surface area (Å²) in [6, 6.07) is 8.05. The van der Waals surface area contributed by atoms with Crippen molar-refractivity contribution in [1.82, 2.24) is 0 Å². The molecule has 3 saturated carbocycles. The molecule has 1 amide bonds. The summed E-state index contributed by atoms with van der Waals surface area (Å²) < 4.78 is 1.10. The van der Waals surface area contributed by atoms with Gasteiger partial charge in [-0.25, -0.2) is 0 Å². The van der Waals surface area contributed by atoms with Gasteiger partial charge >= 0.3 is 0 Å². The van der Waals surface area contributed by atoms with Crippen LogP contribution < -0.4 is 5.32 Å². The highest BCUT2D eigenvalue weighted by molar-refractivity contribution is 14.1. The molecule has 6 atom stereocenters. The molecule has 0 heterocycles. The first-order valence-corrected chi connectivity index (χ1v) is 12.7. The van der Waals surface area contributed by atoms with E-state index in [2.05, 4.69) is 41.8 Å². The van der Waals surface area contributed by atoms with Crippen molar-refractivity contribution in [3.8, 4) is 0 Å². The first-order chi connectivity index (χ1) is 14.3. The molecule has 0 aliphatic heterocycles. The van der Waals surface area contributed by atoms with Crippen LogP contribution in [0.5, 0.6) is 0 Å². The lowest BCUT2D eigenvalue weighted by molar-refractivity contribution is -0.127. The average molecular weight is 517 g/mol. The first kappa shape index (κ1) is 20.7. The van der Waals surface area contributed by atoms with Gasteiger partial charge in [0, 0.05) is 15.9 Å². The number of halogens is 1. The number of hydrogen-bond acceptors (Lipinski definition) is 2. The third-order valence-electron chi connectivity index (χ3n) is 9.41. The minimum absolute atomic E-state index is 0.105. The van der Waals surface area contributed by atoms with Gasteiger partial charge in [0.25, 0.3) is 0 Å². The maximum atomic E-state index is 13.4. The number of nitrogens with one attached hydrogen (secondary N) is 1. The van der Waals surface area contributed by atoms with Crippen LogP contribution in [-0.4, -0.2) is 11.7 Å².